The molecule has 0 aromatic heterocycles. The fourth-order valence-corrected chi connectivity index (χ4v) is 1.52. The summed E-state index contributed by atoms with van der Waals surface area (Å²) in [5.74, 6) is 0.352. The molecule has 1 saturated carbocycles. The smallest absolute Gasteiger partial charge is 0.223 e. The van der Waals surface area contributed by atoms with Gasteiger partial charge in [-0.05, 0) is 25.2 Å². The Morgan fingerprint density at radius 3 is 2.33 bits per heavy atom. The average Bonchev–Trinajstić information content (AvgIpc) is 2.00. The van der Waals surface area contributed by atoms with Gasteiger partial charge in [-0.3, -0.25) is 4.79 Å². The van der Waals surface area contributed by atoms with Crippen LogP contribution in [0.3, 0.4) is 0 Å². The molecule has 1 rings (SSSR count). The first-order valence-electron chi connectivity index (χ1n) is 5.67. The zero-order valence-corrected chi connectivity index (χ0v) is 10.5. The molecule has 88 valence electrons. The second kappa shape index (κ2) is 4.52. The third-order valence-electron chi connectivity index (χ3n) is 3.46. The van der Waals surface area contributed by atoms with Crippen molar-refractivity contribution >= 4 is 5.91 Å². The Morgan fingerprint density at radius 2 is 1.93 bits per heavy atom. The summed E-state index contributed by atoms with van der Waals surface area (Å²) in [4.78, 5) is 11.8. The van der Waals surface area contributed by atoms with Crippen molar-refractivity contribution in [3.8, 4) is 0 Å². The van der Waals surface area contributed by atoms with Gasteiger partial charge in [0.1, 0.15) is 0 Å². The molecule has 0 aromatic carbocycles. The van der Waals surface area contributed by atoms with Crippen LogP contribution in [0, 0.1) is 11.3 Å². The lowest BCUT2D eigenvalue weighted by Crippen LogP contribution is -2.48. The maximum absolute atomic E-state index is 11.8. The van der Waals surface area contributed by atoms with Crippen LogP contribution in [0.4, 0.5) is 0 Å². The molecule has 1 atom stereocenters. The average molecular weight is 213 g/mol. The predicted octanol–water partition coefficient (Wildman–Crippen LogP) is 1.96. The van der Waals surface area contributed by atoms with Gasteiger partial charge >= 0.3 is 0 Å². The van der Waals surface area contributed by atoms with Crippen molar-refractivity contribution in [3.63, 3.8) is 0 Å². The molecule has 3 nitrogen and oxygen atoms in total. The molecule has 1 fully saturated rings. The van der Waals surface area contributed by atoms with Gasteiger partial charge in [0, 0.05) is 19.1 Å². The molecule has 0 saturated heterocycles. The number of nitrogens with one attached hydrogen (secondary N) is 1. The van der Waals surface area contributed by atoms with Crippen LogP contribution in [0.5, 0.6) is 0 Å². The van der Waals surface area contributed by atoms with Crippen LogP contribution in [0.2, 0.25) is 0 Å². The molecule has 0 aliphatic heterocycles. The number of ether oxygens (including phenoxy) is 1. The number of hydrogen-bond acceptors (Lipinski definition) is 2. The minimum Gasteiger partial charge on any atom is -0.381 e. The molecule has 1 aliphatic rings. The van der Waals surface area contributed by atoms with Crippen molar-refractivity contribution in [2.45, 2.75) is 52.7 Å². The van der Waals surface area contributed by atoms with Crippen LogP contribution in [0.25, 0.3) is 0 Å². The van der Waals surface area contributed by atoms with Gasteiger partial charge in [-0.25, -0.2) is 0 Å². The van der Waals surface area contributed by atoms with Crippen molar-refractivity contribution in [3.05, 3.63) is 0 Å². The fourth-order valence-electron chi connectivity index (χ4n) is 1.52. The van der Waals surface area contributed by atoms with Gasteiger partial charge in [-0.1, -0.05) is 20.8 Å². The fraction of sp³-hybridized carbons (Fsp3) is 0.917. The number of hydrogen-bond donors (Lipinski definition) is 1. The van der Waals surface area contributed by atoms with Gasteiger partial charge in [0.2, 0.25) is 5.91 Å². The van der Waals surface area contributed by atoms with E-state index >= 15 is 0 Å². The van der Waals surface area contributed by atoms with Crippen LogP contribution in [0.1, 0.15) is 40.5 Å². The maximum atomic E-state index is 11.8. The first-order chi connectivity index (χ1) is 6.84. The predicted molar refractivity (Wildman–Crippen MR) is 60.6 cm³/mol. The zero-order valence-electron chi connectivity index (χ0n) is 10.5. The molecule has 0 heterocycles. The monoisotopic (exact) mass is 213 g/mol. The molecule has 0 radical (unpaired) electrons. The molecule has 1 amide bonds. The Hall–Kier alpha value is -0.570. The van der Waals surface area contributed by atoms with Crippen LogP contribution >= 0.6 is 0 Å². The largest absolute Gasteiger partial charge is 0.381 e. The summed E-state index contributed by atoms with van der Waals surface area (Å²) in [6.45, 7) is 8.47. The number of carbonyl (C=O) groups excluding carboxylic acids is 1. The summed E-state index contributed by atoms with van der Waals surface area (Å²) in [6.07, 6.45) is 2.05. The molecule has 0 spiro atoms. The Kier molecular flexibility index (Phi) is 3.77. The first kappa shape index (κ1) is 12.5. The molecule has 0 aromatic rings. The molecular formula is C12H23NO2. The summed E-state index contributed by atoms with van der Waals surface area (Å²) < 4.78 is 5.16. The van der Waals surface area contributed by atoms with E-state index < -0.39 is 0 Å². The molecule has 1 aliphatic carbocycles. The number of carbonyl (C=O) groups is 1. The lowest BCUT2D eigenvalue weighted by molar-refractivity contribution is -0.133. The second-order valence-electron chi connectivity index (χ2n) is 5.62. The molecule has 0 unspecified atom stereocenters. The Bertz CT molecular complexity index is 226. The van der Waals surface area contributed by atoms with Crippen molar-refractivity contribution in [1.29, 1.82) is 0 Å². The van der Waals surface area contributed by atoms with E-state index in [1.165, 1.54) is 0 Å². The van der Waals surface area contributed by atoms with E-state index in [1.54, 1.807) is 7.11 Å². The van der Waals surface area contributed by atoms with Crippen LogP contribution in [0.15, 0.2) is 0 Å². The van der Waals surface area contributed by atoms with Gasteiger partial charge < -0.3 is 10.1 Å². The summed E-state index contributed by atoms with van der Waals surface area (Å²) in [5, 5.41) is 3.07. The lowest BCUT2D eigenvalue weighted by Gasteiger charge is -2.36. The number of amides is 1. The summed E-state index contributed by atoms with van der Waals surface area (Å²) >= 11 is 0. The lowest BCUT2D eigenvalue weighted by atomic mass is 9.80. The van der Waals surface area contributed by atoms with E-state index in [1.807, 2.05) is 0 Å². The van der Waals surface area contributed by atoms with Crippen LogP contribution in [-0.2, 0) is 9.53 Å². The number of methoxy groups -OCH3 is 1. The Balaban J connectivity index is 2.32. The first-order valence-corrected chi connectivity index (χ1v) is 5.67. The van der Waals surface area contributed by atoms with Crippen LogP contribution in [-0.4, -0.2) is 25.2 Å². The summed E-state index contributed by atoms with van der Waals surface area (Å²) in [6, 6.07) is 0.214. The van der Waals surface area contributed by atoms with Gasteiger partial charge in [0.05, 0.1) is 6.10 Å². The van der Waals surface area contributed by atoms with E-state index in [4.69, 9.17) is 4.74 Å². The van der Waals surface area contributed by atoms with E-state index in [-0.39, 0.29) is 23.3 Å². The minimum absolute atomic E-state index is 0.125. The topological polar surface area (TPSA) is 38.3 Å². The summed E-state index contributed by atoms with van der Waals surface area (Å²) in [7, 11) is 1.70. The normalized spacial score (nSPS) is 28.1. The van der Waals surface area contributed by atoms with Crippen molar-refractivity contribution in [1.82, 2.24) is 5.32 Å². The Morgan fingerprint density at radius 1 is 1.40 bits per heavy atom. The van der Waals surface area contributed by atoms with E-state index in [0.29, 0.717) is 6.10 Å². The quantitative estimate of drug-likeness (QED) is 0.778. The van der Waals surface area contributed by atoms with Crippen molar-refractivity contribution in [2.75, 3.05) is 7.11 Å². The highest BCUT2D eigenvalue weighted by atomic mass is 16.5. The zero-order chi connectivity index (χ0) is 11.6. The standard InChI is InChI=1S/C12H23NO2/c1-8(12(2,3)4)13-11(14)9-6-10(7-9)15-5/h8-10H,6-7H2,1-5H3,(H,13,14)/t8-,9?,10?/m1/s1. The molecule has 15 heavy (non-hydrogen) atoms. The highest BCUT2D eigenvalue weighted by molar-refractivity contribution is 5.80. The maximum Gasteiger partial charge on any atom is 0.223 e. The van der Waals surface area contributed by atoms with Gasteiger partial charge in [0.15, 0.2) is 0 Å². The molecule has 1 N–H and O–H groups in total. The molecule has 3 heteroatoms. The molecule has 0 bridgehead atoms. The van der Waals surface area contributed by atoms with Crippen LogP contribution < -0.4 is 5.32 Å². The third kappa shape index (κ3) is 3.20. The van der Waals surface area contributed by atoms with Gasteiger partial charge in [0.25, 0.3) is 0 Å². The van der Waals surface area contributed by atoms with E-state index in [9.17, 15) is 4.79 Å². The number of rotatable bonds is 3. The molecular weight excluding hydrogens is 190 g/mol. The van der Waals surface area contributed by atoms with Gasteiger partial charge in [-0.15, -0.1) is 0 Å². The SMILES string of the molecule is COC1CC(C(=O)N[C@H](C)C(C)(C)C)C1. The Labute approximate surface area is 92.6 Å². The third-order valence-corrected chi connectivity index (χ3v) is 3.46. The van der Waals surface area contributed by atoms with E-state index in [0.717, 1.165) is 12.8 Å². The second-order valence-corrected chi connectivity index (χ2v) is 5.62. The summed E-state index contributed by atoms with van der Waals surface area (Å²) in [5.41, 5.74) is 0.125. The van der Waals surface area contributed by atoms with Crippen molar-refractivity contribution in [2.24, 2.45) is 11.3 Å². The highest BCUT2D eigenvalue weighted by Gasteiger charge is 2.35. The van der Waals surface area contributed by atoms with E-state index in [2.05, 4.69) is 33.0 Å². The minimum atomic E-state index is 0.125. The van der Waals surface area contributed by atoms with Gasteiger partial charge in [-0.2, -0.15) is 0 Å². The highest BCUT2D eigenvalue weighted by Crippen LogP contribution is 2.30. The van der Waals surface area contributed by atoms with Crippen molar-refractivity contribution < 1.29 is 9.53 Å².